The van der Waals surface area contributed by atoms with Crippen molar-refractivity contribution in [1.29, 1.82) is 0 Å². The van der Waals surface area contributed by atoms with Gasteiger partial charge in [-0.05, 0) is 30.3 Å². The zero-order valence-electron chi connectivity index (χ0n) is 12.6. The number of nitro groups is 1. The van der Waals surface area contributed by atoms with Gasteiger partial charge < -0.3 is 10.1 Å². The minimum atomic E-state index is -0.532. The van der Waals surface area contributed by atoms with E-state index in [1.165, 1.54) is 12.1 Å². The number of ether oxygens (including phenoxy) is 1. The highest BCUT2D eigenvalue weighted by Gasteiger charge is 2.17. The number of thiophene rings is 1. The molecule has 25 heavy (non-hydrogen) atoms. The number of halogens is 1. The molecule has 0 spiro atoms. The molecule has 0 saturated heterocycles. The van der Waals surface area contributed by atoms with E-state index in [-0.39, 0.29) is 9.88 Å². The minimum absolute atomic E-state index is 0.0919. The van der Waals surface area contributed by atoms with Crippen LogP contribution in [0.15, 0.2) is 60.7 Å². The molecule has 3 aromatic rings. The summed E-state index contributed by atoms with van der Waals surface area (Å²) in [5.41, 5.74) is 0.434. The van der Waals surface area contributed by atoms with Crippen LogP contribution in [0.4, 0.5) is 10.7 Å². The molecule has 1 aromatic heterocycles. The molecule has 0 saturated carbocycles. The molecule has 1 N–H and O–H groups in total. The predicted octanol–water partition coefficient (Wildman–Crippen LogP) is 5.35. The quantitative estimate of drug-likeness (QED) is 0.481. The molecular weight excluding hydrogens is 364 g/mol. The zero-order valence-corrected chi connectivity index (χ0v) is 14.2. The number of carbonyl (C=O) groups excluding carboxylic acids is 1. The summed E-state index contributed by atoms with van der Waals surface area (Å²) in [6.07, 6.45) is 0. The number of anilines is 1. The lowest BCUT2D eigenvalue weighted by Crippen LogP contribution is -2.10. The van der Waals surface area contributed by atoms with Crippen molar-refractivity contribution in [2.45, 2.75) is 0 Å². The molecule has 2 aromatic carbocycles. The molecule has 0 aliphatic carbocycles. The summed E-state index contributed by atoms with van der Waals surface area (Å²) in [5, 5.41) is 13.8. The number of nitrogens with zero attached hydrogens (tertiary/aromatic N) is 1. The summed E-state index contributed by atoms with van der Waals surface area (Å²) < 4.78 is 5.77. The summed E-state index contributed by atoms with van der Waals surface area (Å²) in [6, 6.07) is 16.6. The summed E-state index contributed by atoms with van der Waals surface area (Å²) in [5.74, 6) is 0.418. The van der Waals surface area contributed by atoms with Crippen LogP contribution in [0.5, 0.6) is 11.5 Å². The number of para-hydroxylation sites is 3. The van der Waals surface area contributed by atoms with E-state index < -0.39 is 10.8 Å². The van der Waals surface area contributed by atoms with Crippen LogP contribution >= 0.6 is 22.9 Å². The van der Waals surface area contributed by atoms with Gasteiger partial charge in [-0.2, -0.15) is 0 Å². The third-order valence-electron chi connectivity index (χ3n) is 3.19. The molecule has 0 fully saturated rings. The van der Waals surface area contributed by atoms with Crippen LogP contribution < -0.4 is 10.1 Å². The Hall–Kier alpha value is -2.90. The molecule has 0 aliphatic heterocycles. The topological polar surface area (TPSA) is 81.5 Å². The van der Waals surface area contributed by atoms with E-state index in [1.807, 2.05) is 0 Å². The monoisotopic (exact) mass is 374 g/mol. The molecule has 6 nitrogen and oxygen atoms in total. The smallest absolute Gasteiger partial charge is 0.324 e. The fourth-order valence-corrected chi connectivity index (χ4v) is 2.93. The lowest BCUT2D eigenvalue weighted by Gasteiger charge is -2.12. The van der Waals surface area contributed by atoms with Crippen LogP contribution in [0.3, 0.4) is 0 Å². The number of benzene rings is 2. The fourth-order valence-electron chi connectivity index (χ4n) is 2.04. The lowest BCUT2D eigenvalue weighted by molar-refractivity contribution is -0.380. The van der Waals surface area contributed by atoms with Gasteiger partial charge in [0.15, 0.2) is 5.75 Å². The molecule has 0 bridgehead atoms. The highest BCUT2D eigenvalue weighted by atomic mass is 35.5. The number of carbonyl (C=O) groups is 1. The Bertz CT molecular complexity index is 942. The van der Waals surface area contributed by atoms with E-state index in [2.05, 4.69) is 5.32 Å². The second-order valence-corrected chi connectivity index (χ2v) is 6.35. The van der Waals surface area contributed by atoms with Crippen LogP contribution in [-0.4, -0.2) is 10.8 Å². The highest BCUT2D eigenvalue weighted by Crippen LogP contribution is 2.34. The van der Waals surface area contributed by atoms with Crippen LogP contribution in [0, 0.1) is 10.1 Å². The molecular formula is C17H11ClN2O4S. The largest absolute Gasteiger partial charge is 0.454 e. The maximum atomic E-state index is 12.3. The van der Waals surface area contributed by atoms with E-state index in [0.717, 1.165) is 11.3 Å². The molecule has 3 rings (SSSR count). The summed E-state index contributed by atoms with van der Waals surface area (Å²) in [7, 11) is 0. The standard InChI is InChI=1S/C17H11ClN2O4S/c18-11-5-1-3-7-13(11)24-14-8-4-2-6-12(14)19-17(21)15-9-10-16(25-15)20(22)23/h1-10H,(H,19,21). The Labute approximate surface area is 151 Å². The van der Waals surface area contributed by atoms with Crippen molar-refractivity contribution >= 4 is 39.5 Å². The van der Waals surface area contributed by atoms with Gasteiger partial charge in [-0.25, -0.2) is 0 Å². The maximum absolute atomic E-state index is 12.3. The van der Waals surface area contributed by atoms with Crippen LogP contribution in [0.1, 0.15) is 9.67 Å². The second kappa shape index (κ2) is 7.33. The van der Waals surface area contributed by atoms with Gasteiger partial charge in [0, 0.05) is 6.07 Å². The van der Waals surface area contributed by atoms with Crippen molar-refractivity contribution < 1.29 is 14.5 Å². The second-order valence-electron chi connectivity index (χ2n) is 4.88. The summed E-state index contributed by atoms with van der Waals surface area (Å²) in [6.45, 7) is 0. The molecule has 0 radical (unpaired) electrons. The van der Waals surface area contributed by atoms with Gasteiger partial charge in [-0.15, -0.1) is 0 Å². The van der Waals surface area contributed by atoms with Crippen molar-refractivity contribution in [2.75, 3.05) is 5.32 Å². The Balaban J connectivity index is 1.82. The molecule has 0 atom stereocenters. The van der Waals surface area contributed by atoms with Crippen molar-refractivity contribution in [3.63, 3.8) is 0 Å². The molecule has 1 heterocycles. The third kappa shape index (κ3) is 3.96. The first-order chi connectivity index (χ1) is 12.0. The normalized spacial score (nSPS) is 10.3. The van der Waals surface area contributed by atoms with Gasteiger partial charge >= 0.3 is 5.00 Å². The average molecular weight is 375 g/mol. The lowest BCUT2D eigenvalue weighted by atomic mass is 10.2. The van der Waals surface area contributed by atoms with E-state index in [4.69, 9.17) is 16.3 Å². The Morgan fingerprint density at radius 2 is 1.72 bits per heavy atom. The van der Waals surface area contributed by atoms with Gasteiger partial charge in [-0.3, -0.25) is 14.9 Å². The van der Waals surface area contributed by atoms with Crippen molar-refractivity contribution in [2.24, 2.45) is 0 Å². The Morgan fingerprint density at radius 1 is 1.04 bits per heavy atom. The highest BCUT2D eigenvalue weighted by molar-refractivity contribution is 7.17. The van der Waals surface area contributed by atoms with E-state index in [9.17, 15) is 14.9 Å². The Morgan fingerprint density at radius 3 is 2.40 bits per heavy atom. The van der Waals surface area contributed by atoms with Gasteiger partial charge in [0.25, 0.3) is 5.91 Å². The summed E-state index contributed by atoms with van der Waals surface area (Å²) in [4.78, 5) is 22.8. The predicted molar refractivity (Wildman–Crippen MR) is 96.9 cm³/mol. The SMILES string of the molecule is O=C(Nc1ccccc1Oc1ccccc1Cl)c1ccc([N+](=O)[O-])s1. The Kier molecular flexibility index (Phi) is 4.97. The minimum Gasteiger partial charge on any atom is -0.454 e. The first kappa shape index (κ1) is 16.9. The van der Waals surface area contributed by atoms with Gasteiger partial charge in [0.2, 0.25) is 0 Å². The molecule has 126 valence electrons. The van der Waals surface area contributed by atoms with Gasteiger partial charge in [0.1, 0.15) is 5.75 Å². The van der Waals surface area contributed by atoms with Crippen molar-refractivity contribution in [1.82, 2.24) is 0 Å². The van der Waals surface area contributed by atoms with E-state index in [0.29, 0.717) is 22.2 Å². The van der Waals surface area contributed by atoms with E-state index in [1.54, 1.807) is 48.5 Å². The number of hydrogen-bond acceptors (Lipinski definition) is 5. The first-order valence-corrected chi connectivity index (χ1v) is 8.31. The van der Waals surface area contributed by atoms with Crippen molar-refractivity contribution in [3.8, 4) is 11.5 Å². The summed E-state index contributed by atoms with van der Waals surface area (Å²) >= 11 is 6.89. The zero-order chi connectivity index (χ0) is 17.8. The number of hydrogen-bond donors (Lipinski definition) is 1. The fraction of sp³-hybridized carbons (Fsp3) is 0. The maximum Gasteiger partial charge on any atom is 0.324 e. The van der Waals surface area contributed by atoms with E-state index >= 15 is 0 Å². The molecule has 0 unspecified atom stereocenters. The van der Waals surface area contributed by atoms with Crippen LogP contribution in [0.2, 0.25) is 5.02 Å². The number of nitrogens with one attached hydrogen (secondary N) is 1. The van der Waals surface area contributed by atoms with Gasteiger partial charge in [-0.1, -0.05) is 47.2 Å². The first-order valence-electron chi connectivity index (χ1n) is 7.11. The van der Waals surface area contributed by atoms with Crippen LogP contribution in [0.25, 0.3) is 0 Å². The molecule has 8 heteroatoms. The van der Waals surface area contributed by atoms with Gasteiger partial charge in [0.05, 0.1) is 20.5 Å². The molecule has 0 aliphatic rings. The average Bonchev–Trinajstić information content (AvgIpc) is 3.09. The van der Waals surface area contributed by atoms with Crippen LogP contribution in [-0.2, 0) is 0 Å². The molecule has 1 amide bonds. The number of amides is 1. The number of rotatable bonds is 5. The van der Waals surface area contributed by atoms with Crippen molar-refractivity contribution in [3.05, 3.63) is 80.7 Å². The third-order valence-corrected chi connectivity index (χ3v) is 4.54.